The molecule has 2 rings (SSSR count). The van der Waals surface area contributed by atoms with E-state index < -0.39 is 0 Å². The van der Waals surface area contributed by atoms with Crippen LogP contribution in [0, 0.1) is 0 Å². The van der Waals surface area contributed by atoms with E-state index in [0.717, 1.165) is 17.1 Å². The van der Waals surface area contributed by atoms with Gasteiger partial charge in [-0.25, -0.2) is 4.98 Å². The summed E-state index contributed by atoms with van der Waals surface area (Å²) in [6.45, 7) is 3.27. The predicted molar refractivity (Wildman–Crippen MR) is 66.0 cm³/mol. The number of rotatable bonds is 4. The second-order valence-corrected chi connectivity index (χ2v) is 4.88. The fourth-order valence-corrected chi connectivity index (χ4v) is 2.57. The Morgan fingerprint density at radius 2 is 2.29 bits per heavy atom. The summed E-state index contributed by atoms with van der Waals surface area (Å²) in [4.78, 5) is 18.2. The second-order valence-electron chi connectivity index (χ2n) is 3.94. The molecule has 5 nitrogen and oxygen atoms in total. The van der Waals surface area contributed by atoms with Crippen LogP contribution < -0.4 is 5.73 Å². The molecule has 0 spiro atoms. The summed E-state index contributed by atoms with van der Waals surface area (Å²) in [7, 11) is 0. The van der Waals surface area contributed by atoms with Crippen LogP contribution in [0.4, 0.5) is 0 Å². The van der Waals surface area contributed by atoms with Crippen molar-refractivity contribution in [1.82, 2.24) is 9.88 Å². The van der Waals surface area contributed by atoms with Gasteiger partial charge in [0.1, 0.15) is 5.01 Å². The highest BCUT2D eigenvalue weighted by atomic mass is 32.1. The van der Waals surface area contributed by atoms with Gasteiger partial charge < -0.3 is 15.4 Å². The van der Waals surface area contributed by atoms with E-state index in [0.29, 0.717) is 39.3 Å². The van der Waals surface area contributed by atoms with E-state index in [4.69, 9.17) is 10.5 Å². The van der Waals surface area contributed by atoms with Gasteiger partial charge in [-0.1, -0.05) is 0 Å². The van der Waals surface area contributed by atoms with Crippen molar-refractivity contribution in [2.75, 3.05) is 32.8 Å². The molecule has 1 aromatic heterocycles. The van der Waals surface area contributed by atoms with Gasteiger partial charge in [-0.2, -0.15) is 0 Å². The highest BCUT2D eigenvalue weighted by molar-refractivity contribution is 7.09. The maximum atomic E-state index is 11.9. The molecule has 1 aromatic rings. The molecule has 1 aliphatic rings. The van der Waals surface area contributed by atoms with E-state index >= 15 is 0 Å². The summed E-state index contributed by atoms with van der Waals surface area (Å²) in [5.74, 6) is 0.141. The zero-order valence-corrected chi connectivity index (χ0v) is 10.5. The molecular weight excluding hydrogens is 238 g/mol. The molecule has 1 saturated heterocycles. The first-order valence-corrected chi connectivity index (χ1v) is 6.66. The Labute approximate surface area is 105 Å². The van der Waals surface area contributed by atoms with Gasteiger partial charge in [0.2, 0.25) is 5.91 Å². The fourth-order valence-electron chi connectivity index (χ4n) is 1.75. The molecule has 1 aliphatic heterocycles. The average Bonchev–Trinajstić information content (AvgIpc) is 2.78. The number of hydrogen-bond donors (Lipinski definition) is 1. The number of morpholine rings is 1. The fraction of sp³-hybridized carbons (Fsp3) is 0.636. The average molecular weight is 255 g/mol. The van der Waals surface area contributed by atoms with Crippen molar-refractivity contribution in [3.05, 3.63) is 16.1 Å². The first kappa shape index (κ1) is 12.5. The van der Waals surface area contributed by atoms with Crippen LogP contribution in [0.5, 0.6) is 0 Å². The maximum absolute atomic E-state index is 11.9. The van der Waals surface area contributed by atoms with Crippen molar-refractivity contribution in [3.8, 4) is 0 Å². The molecule has 0 unspecified atom stereocenters. The summed E-state index contributed by atoms with van der Waals surface area (Å²) in [6, 6.07) is 0. The molecule has 0 aromatic carbocycles. The van der Waals surface area contributed by atoms with E-state index in [1.165, 1.54) is 11.3 Å². The molecule has 2 N–H and O–H groups in total. The summed E-state index contributed by atoms with van der Waals surface area (Å²) in [5, 5.41) is 2.86. The summed E-state index contributed by atoms with van der Waals surface area (Å²) < 4.78 is 5.22. The lowest BCUT2D eigenvalue weighted by Gasteiger charge is -2.26. The lowest BCUT2D eigenvalue weighted by Crippen LogP contribution is -2.41. The monoisotopic (exact) mass is 255 g/mol. The third-order valence-corrected chi connectivity index (χ3v) is 3.56. The van der Waals surface area contributed by atoms with Crippen LogP contribution in [0.3, 0.4) is 0 Å². The third-order valence-electron chi connectivity index (χ3n) is 2.67. The molecule has 1 fully saturated rings. The van der Waals surface area contributed by atoms with Crippen LogP contribution in [0.25, 0.3) is 0 Å². The number of thiazole rings is 1. The van der Waals surface area contributed by atoms with Crippen molar-refractivity contribution in [1.29, 1.82) is 0 Å². The summed E-state index contributed by atoms with van der Waals surface area (Å²) in [5.41, 5.74) is 6.45. The van der Waals surface area contributed by atoms with Gasteiger partial charge in [0.15, 0.2) is 0 Å². The second kappa shape index (κ2) is 6.09. The van der Waals surface area contributed by atoms with Crippen LogP contribution in [-0.4, -0.2) is 48.6 Å². The molecule has 6 heteroatoms. The van der Waals surface area contributed by atoms with Gasteiger partial charge in [0, 0.05) is 24.9 Å². The highest BCUT2D eigenvalue weighted by Crippen LogP contribution is 2.12. The van der Waals surface area contributed by atoms with E-state index in [1.807, 2.05) is 10.3 Å². The van der Waals surface area contributed by atoms with Gasteiger partial charge in [0.05, 0.1) is 25.3 Å². The lowest BCUT2D eigenvalue weighted by atomic mass is 10.3. The molecule has 2 heterocycles. The number of carbonyl (C=O) groups is 1. The number of carbonyl (C=O) groups excluding carboxylic acids is 1. The van der Waals surface area contributed by atoms with Crippen molar-refractivity contribution in [3.63, 3.8) is 0 Å². The Kier molecular flexibility index (Phi) is 4.47. The van der Waals surface area contributed by atoms with Gasteiger partial charge in [-0.15, -0.1) is 11.3 Å². The largest absolute Gasteiger partial charge is 0.378 e. The van der Waals surface area contributed by atoms with Crippen LogP contribution in [0.15, 0.2) is 5.38 Å². The topological polar surface area (TPSA) is 68.5 Å². The van der Waals surface area contributed by atoms with Gasteiger partial charge >= 0.3 is 0 Å². The number of amides is 1. The summed E-state index contributed by atoms with van der Waals surface area (Å²) >= 11 is 1.54. The molecule has 0 aliphatic carbocycles. The first-order valence-electron chi connectivity index (χ1n) is 5.78. The minimum atomic E-state index is 0.141. The minimum Gasteiger partial charge on any atom is -0.378 e. The Morgan fingerprint density at radius 3 is 3.00 bits per heavy atom. The van der Waals surface area contributed by atoms with Crippen LogP contribution in [0.2, 0.25) is 0 Å². The van der Waals surface area contributed by atoms with Gasteiger partial charge in [-0.3, -0.25) is 4.79 Å². The quantitative estimate of drug-likeness (QED) is 0.825. The molecular formula is C11H17N3O2S. The Bertz CT molecular complexity index is 375. The van der Waals surface area contributed by atoms with Crippen molar-refractivity contribution in [2.24, 2.45) is 5.73 Å². The smallest absolute Gasteiger partial charge is 0.229 e. The van der Waals surface area contributed by atoms with Gasteiger partial charge in [-0.05, 0) is 6.54 Å². The molecule has 17 heavy (non-hydrogen) atoms. The van der Waals surface area contributed by atoms with E-state index in [9.17, 15) is 4.79 Å². The Morgan fingerprint density at radius 1 is 1.53 bits per heavy atom. The molecule has 94 valence electrons. The Hall–Kier alpha value is -0.980. The van der Waals surface area contributed by atoms with Gasteiger partial charge in [0.25, 0.3) is 0 Å². The van der Waals surface area contributed by atoms with Crippen molar-refractivity contribution in [2.45, 2.75) is 12.8 Å². The standard InChI is InChI=1S/C11H17N3O2S/c12-2-1-9-8-17-10(13-9)7-11(15)14-3-5-16-6-4-14/h8H,1-7,12H2. The van der Waals surface area contributed by atoms with Crippen molar-refractivity contribution >= 4 is 17.2 Å². The van der Waals surface area contributed by atoms with Crippen molar-refractivity contribution < 1.29 is 9.53 Å². The number of aromatic nitrogens is 1. The highest BCUT2D eigenvalue weighted by Gasteiger charge is 2.18. The number of ether oxygens (including phenoxy) is 1. The van der Waals surface area contributed by atoms with Crippen LogP contribution in [0.1, 0.15) is 10.7 Å². The van der Waals surface area contributed by atoms with Crippen LogP contribution >= 0.6 is 11.3 Å². The zero-order valence-electron chi connectivity index (χ0n) is 9.72. The normalized spacial score (nSPS) is 16.2. The molecule has 1 amide bonds. The maximum Gasteiger partial charge on any atom is 0.229 e. The van der Waals surface area contributed by atoms with E-state index in [1.54, 1.807) is 0 Å². The molecule has 0 bridgehead atoms. The molecule has 0 atom stereocenters. The number of nitrogens with two attached hydrogens (primary N) is 1. The first-order chi connectivity index (χ1) is 8.29. The number of nitrogens with zero attached hydrogens (tertiary/aromatic N) is 2. The third kappa shape index (κ3) is 3.49. The predicted octanol–water partition coefficient (Wildman–Crippen LogP) is 0.0456. The molecule has 0 saturated carbocycles. The Balaban J connectivity index is 1.88. The summed E-state index contributed by atoms with van der Waals surface area (Å²) in [6.07, 6.45) is 1.18. The SMILES string of the molecule is NCCc1csc(CC(=O)N2CCOCC2)n1. The molecule has 0 radical (unpaired) electrons. The van der Waals surface area contributed by atoms with E-state index in [-0.39, 0.29) is 5.91 Å². The number of hydrogen-bond acceptors (Lipinski definition) is 5. The zero-order chi connectivity index (χ0) is 12.1. The minimum absolute atomic E-state index is 0.141. The van der Waals surface area contributed by atoms with Crippen LogP contribution in [-0.2, 0) is 22.4 Å². The lowest BCUT2D eigenvalue weighted by molar-refractivity contribution is -0.134. The van der Waals surface area contributed by atoms with E-state index in [2.05, 4.69) is 4.98 Å².